The van der Waals surface area contributed by atoms with Gasteiger partial charge in [0, 0.05) is 15.5 Å². The second-order valence-electron chi connectivity index (χ2n) is 2.33. The smallest absolute Gasteiger partial charge is 0.212 e. The summed E-state index contributed by atoms with van der Waals surface area (Å²) in [7, 11) is -0.379. The maximum atomic E-state index is 11.2. The summed E-state index contributed by atoms with van der Waals surface area (Å²) in [6.07, 6.45) is 0.959. The first kappa shape index (κ1) is 5.68. The van der Waals surface area contributed by atoms with Gasteiger partial charge in [-0.3, -0.25) is 0 Å². The maximum Gasteiger partial charge on any atom is 0.216 e. The highest BCUT2D eigenvalue weighted by atomic mass is 32.2. The van der Waals surface area contributed by atoms with E-state index in [9.17, 15) is 8.42 Å². The van der Waals surface area contributed by atoms with Gasteiger partial charge in [0.15, 0.2) is 0 Å². The molecule has 1 fully saturated rings. The summed E-state index contributed by atoms with van der Waals surface area (Å²) in [6.45, 7) is 0. The molecule has 1 rings (SSSR count). The zero-order valence-electron chi connectivity index (χ0n) is 6.59. The van der Waals surface area contributed by atoms with Crippen molar-refractivity contribution in [3.63, 3.8) is 0 Å². The van der Waals surface area contributed by atoms with Gasteiger partial charge < -0.3 is 0 Å². The lowest BCUT2D eigenvalue weighted by atomic mass is 11.0. The van der Waals surface area contributed by atoms with E-state index in [-0.39, 0.29) is 0 Å². The molecule has 4 heteroatoms. The van der Waals surface area contributed by atoms with Gasteiger partial charge in [-0.25, -0.2) is 12.7 Å². The molecule has 3 nitrogen and oxygen atoms in total. The molecule has 0 atom stereocenters. The van der Waals surface area contributed by atoms with E-state index >= 15 is 0 Å². The van der Waals surface area contributed by atoms with E-state index in [0.29, 0.717) is 12.8 Å². The van der Waals surface area contributed by atoms with Crippen LogP contribution in [0.4, 0.5) is 0 Å². The van der Waals surface area contributed by atoms with Crippen molar-refractivity contribution in [3.05, 3.63) is 0 Å². The van der Waals surface area contributed by atoms with E-state index in [1.165, 1.54) is 14.1 Å². The van der Waals surface area contributed by atoms with Crippen molar-refractivity contribution >= 4 is 10.0 Å². The maximum absolute atomic E-state index is 11.2. The molecule has 1 aliphatic rings. The average molecular weight is 150 g/mol. The molecule has 0 radical (unpaired) electrons. The summed E-state index contributed by atoms with van der Waals surface area (Å²) in [5.74, 6) is 0. The Balaban J connectivity index is 2.90. The van der Waals surface area contributed by atoms with Gasteiger partial charge in [-0.15, -0.1) is 0 Å². The molecule has 0 amide bonds. The third-order valence-corrected chi connectivity index (χ3v) is 3.40. The van der Waals surface area contributed by atoms with Crippen LogP contribution < -0.4 is 0 Å². The zero-order valence-corrected chi connectivity index (χ0v) is 6.40. The highest BCUT2D eigenvalue weighted by Crippen LogP contribution is 2.29. The van der Waals surface area contributed by atoms with Gasteiger partial charge >= 0.3 is 0 Å². The minimum absolute atomic E-state index is 0.480. The van der Waals surface area contributed by atoms with Crippen molar-refractivity contribution in [2.45, 2.75) is 18.1 Å². The van der Waals surface area contributed by atoms with Gasteiger partial charge in [0.2, 0.25) is 10.0 Å². The van der Waals surface area contributed by atoms with Crippen LogP contribution in [0.15, 0.2) is 0 Å². The molecular formula is C5H11NO2S. The van der Waals surface area contributed by atoms with Gasteiger partial charge in [-0.1, -0.05) is 0 Å². The first-order chi connectivity index (χ1) is 4.40. The Labute approximate surface area is 57.1 Å². The Hall–Kier alpha value is -0.0900. The molecule has 0 aliphatic heterocycles. The van der Waals surface area contributed by atoms with Gasteiger partial charge in [-0.05, 0) is 12.8 Å². The van der Waals surface area contributed by atoms with E-state index < -0.39 is 15.2 Å². The first-order valence-corrected chi connectivity index (χ1v) is 4.26. The minimum atomic E-state index is -3.30. The summed E-state index contributed by atoms with van der Waals surface area (Å²) in [5.41, 5.74) is 0. The van der Waals surface area contributed by atoms with E-state index in [0.717, 1.165) is 4.31 Å². The summed E-state index contributed by atoms with van der Waals surface area (Å²) in [6, 6.07) is 0. The average Bonchev–Trinajstić information content (AvgIpc) is 2.48. The Kier molecular flexibility index (Phi) is 1.23. The third-order valence-electron chi connectivity index (χ3n) is 1.30. The van der Waals surface area contributed by atoms with Crippen molar-refractivity contribution in [1.82, 2.24) is 4.31 Å². The molecule has 54 valence electrons. The Morgan fingerprint density at radius 1 is 1.56 bits per heavy atom. The van der Waals surface area contributed by atoms with Crippen molar-refractivity contribution < 1.29 is 9.79 Å². The van der Waals surface area contributed by atoms with Crippen LogP contribution in [0.2, 0.25) is 0 Å². The van der Waals surface area contributed by atoms with Crippen LogP contribution in [0.25, 0.3) is 0 Å². The fourth-order valence-corrected chi connectivity index (χ4v) is 1.70. The molecule has 0 bridgehead atoms. The molecule has 0 saturated heterocycles. The second-order valence-corrected chi connectivity index (χ2v) is 4.58. The van der Waals surface area contributed by atoms with Crippen LogP contribution in [0.1, 0.15) is 14.2 Å². The van der Waals surface area contributed by atoms with Crippen LogP contribution in [-0.2, 0) is 10.0 Å². The molecule has 0 N–H and O–H groups in total. The zero-order chi connectivity index (χ0) is 7.99. The molecule has 0 aromatic heterocycles. The van der Waals surface area contributed by atoms with Crippen LogP contribution in [0.3, 0.4) is 0 Å². The summed E-state index contributed by atoms with van der Waals surface area (Å²) in [5, 5.41) is -1.18. The number of nitrogens with zero attached hydrogens (tertiary/aromatic N) is 1. The Bertz CT molecular complexity index is 230. The second kappa shape index (κ2) is 1.95. The lowest BCUT2D eigenvalue weighted by molar-refractivity contribution is 0.519. The van der Waals surface area contributed by atoms with Crippen LogP contribution in [0, 0.1) is 0 Å². The van der Waals surface area contributed by atoms with Gasteiger partial charge in [-0.2, -0.15) is 0 Å². The van der Waals surface area contributed by atoms with E-state index in [1.807, 2.05) is 0 Å². The molecule has 9 heavy (non-hydrogen) atoms. The summed E-state index contributed by atoms with van der Waals surface area (Å²) >= 11 is 0. The molecule has 0 heterocycles. The first-order valence-electron chi connectivity index (χ1n) is 3.32. The van der Waals surface area contributed by atoms with Crippen molar-refractivity contribution in [1.29, 1.82) is 0 Å². The van der Waals surface area contributed by atoms with Crippen LogP contribution >= 0.6 is 0 Å². The fraction of sp³-hybridized carbons (Fsp3) is 1.00. The number of sulfonamides is 1. The predicted molar refractivity (Wildman–Crippen MR) is 35.6 cm³/mol. The largest absolute Gasteiger partial charge is 0.216 e. The molecule has 0 aromatic rings. The molecule has 0 aromatic carbocycles. The predicted octanol–water partition coefficient (Wildman–Crippen LogP) is 0.0402. The van der Waals surface area contributed by atoms with Crippen LogP contribution in [-0.4, -0.2) is 32.0 Å². The van der Waals surface area contributed by atoms with Crippen molar-refractivity contribution in [2.75, 3.05) is 14.1 Å². The van der Waals surface area contributed by atoms with Crippen molar-refractivity contribution in [3.8, 4) is 0 Å². The standard InChI is InChI=1S/C5H11NO2S/c1-6(2)9(7,8)5-3-4-5/h5H,3-4H2,1-2H3/i5D. The van der Waals surface area contributed by atoms with Crippen molar-refractivity contribution in [2.24, 2.45) is 0 Å². The van der Waals surface area contributed by atoms with E-state index in [1.54, 1.807) is 0 Å². The molecule has 1 aliphatic carbocycles. The Morgan fingerprint density at radius 3 is 2.11 bits per heavy atom. The van der Waals surface area contributed by atoms with E-state index in [2.05, 4.69) is 0 Å². The SMILES string of the molecule is [2H]C1(S(=O)(=O)N(C)C)CC1. The minimum Gasteiger partial charge on any atom is -0.212 e. The fourth-order valence-electron chi connectivity index (χ4n) is 0.567. The topological polar surface area (TPSA) is 37.4 Å². The summed E-state index contributed by atoms with van der Waals surface area (Å²) < 4.78 is 30.8. The highest BCUT2D eigenvalue weighted by Gasteiger charge is 2.36. The molecular weight excluding hydrogens is 138 g/mol. The monoisotopic (exact) mass is 150 g/mol. The Morgan fingerprint density at radius 2 is 2.00 bits per heavy atom. The number of hydrogen-bond donors (Lipinski definition) is 0. The van der Waals surface area contributed by atoms with Gasteiger partial charge in [0.25, 0.3) is 0 Å². The van der Waals surface area contributed by atoms with Gasteiger partial charge in [0.05, 0.1) is 5.23 Å². The normalized spacial score (nSPS) is 25.9. The highest BCUT2D eigenvalue weighted by molar-refractivity contribution is 7.90. The molecule has 1 saturated carbocycles. The number of hydrogen-bond acceptors (Lipinski definition) is 2. The lowest BCUT2D eigenvalue weighted by Gasteiger charge is -2.08. The molecule has 0 unspecified atom stereocenters. The molecule has 0 spiro atoms. The lowest BCUT2D eigenvalue weighted by Crippen LogP contribution is -2.25. The third kappa shape index (κ3) is 1.24. The van der Waals surface area contributed by atoms with Crippen LogP contribution in [0.5, 0.6) is 0 Å². The number of rotatable bonds is 2. The summed E-state index contributed by atoms with van der Waals surface area (Å²) in [4.78, 5) is 0. The van der Waals surface area contributed by atoms with E-state index in [4.69, 9.17) is 1.37 Å². The van der Waals surface area contributed by atoms with Gasteiger partial charge in [0.1, 0.15) is 0 Å². The quantitative estimate of drug-likeness (QED) is 0.557.